The molecule has 0 bridgehead atoms. The Morgan fingerprint density at radius 2 is 1.75 bits per heavy atom. The highest BCUT2D eigenvalue weighted by Gasteiger charge is 2.42. The highest BCUT2D eigenvalue weighted by atomic mass is 35.5. The number of anilines is 1. The van der Waals surface area contributed by atoms with Crippen LogP contribution in [0.25, 0.3) is 11.1 Å². The highest BCUT2D eigenvalue weighted by Crippen LogP contribution is 2.38. The summed E-state index contributed by atoms with van der Waals surface area (Å²) in [6, 6.07) is 15.3. The Bertz CT molecular complexity index is 1780. The van der Waals surface area contributed by atoms with Crippen molar-refractivity contribution in [1.29, 1.82) is 0 Å². The van der Waals surface area contributed by atoms with Crippen molar-refractivity contribution < 1.29 is 28.3 Å². The summed E-state index contributed by atoms with van der Waals surface area (Å²) in [4.78, 5) is 55.1. The van der Waals surface area contributed by atoms with E-state index in [0.717, 1.165) is 16.7 Å². The third-order valence-electron chi connectivity index (χ3n) is 7.60. The van der Waals surface area contributed by atoms with Gasteiger partial charge >= 0.3 is 5.97 Å². The van der Waals surface area contributed by atoms with Gasteiger partial charge in [-0.2, -0.15) is 0 Å². The minimum Gasteiger partial charge on any atom is -0.465 e. The molecular weight excluding hydrogens is 589 g/mol. The average molecular weight is 614 g/mol. The quantitative estimate of drug-likeness (QED) is 0.304. The first-order chi connectivity index (χ1) is 21.4. The number of rotatable bonds is 6. The number of hydrogen-bond donors (Lipinski definition) is 1. The highest BCUT2D eigenvalue weighted by molar-refractivity contribution is 6.31. The lowest BCUT2D eigenvalue weighted by molar-refractivity contribution is -0.148. The number of halogens is 2. The lowest BCUT2D eigenvalue weighted by Gasteiger charge is -2.38. The second kappa shape index (κ2) is 12.2. The van der Waals surface area contributed by atoms with Gasteiger partial charge in [-0.15, -0.1) is 0 Å². The zero-order valence-electron chi connectivity index (χ0n) is 23.4. The fourth-order valence-corrected chi connectivity index (χ4v) is 5.67. The smallest absolute Gasteiger partial charge is 0.337 e. The van der Waals surface area contributed by atoms with Gasteiger partial charge in [-0.25, -0.2) is 19.2 Å². The number of benzene rings is 3. The number of methoxy groups -OCH3 is 1. The van der Waals surface area contributed by atoms with Gasteiger partial charge in [0.25, 0.3) is 11.8 Å². The molecule has 0 saturated heterocycles. The summed E-state index contributed by atoms with van der Waals surface area (Å²) in [5.74, 6) is -2.09. The fourth-order valence-electron chi connectivity index (χ4n) is 5.50. The molecule has 3 aromatic carbocycles. The van der Waals surface area contributed by atoms with E-state index in [1.165, 1.54) is 42.6 Å². The summed E-state index contributed by atoms with van der Waals surface area (Å²) in [5.41, 5.74) is 4.30. The normalized spacial score (nSPS) is 17.2. The van der Waals surface area contributed by atoms with Gasteiger partial charge < -0.3 is 19.8 Å². The van der Waals surface area contributed by atoms with Gasteiger partial charge in [0.05, 0.1) is 23.4 Å². The van der Waals surface area contributed by atoms with E-state index < -0.39 is 35.7 Å². The zero-order valence-corrected chi connectivity index (χ0v) is 24.1. The van der Waals surface area contributed by atoms with Crippen LogP contribution in [-0.2, 0) is 25.6 Å². The second-order valence-corrected chi connectivity index (χ2v) is 10.6. The molecule has 2 amide bonds. The number of nitrogens with zero attached hydrogens (tertiary/aromatic N) is 4. The fraction of sp³-hybridized carbons (Fsp3) is 0.188. The number of aromatic nitrogens is 2. The molecule has 222 valence electrons. The molecule has 1 N–H and O–H groups in total. The number of carbonyl (C=O) groups excluding carboxylic acids is 3. The van der Waals surface area contributed by atoms with Gasteiger partial charge in [0.2, 0.25) is 6.10 Å². The maximum atomic E-state index is 14.7. The number of ether oxygens (including phenoxy) is 1. The third kappa shape index (κ3) is 5.49. The molecule has 0 radical (unpaired) electrons. The van der Waals surface area contributed by atoms with Crippen molar-refractivity contribution in [2.45, 2.75) is 25.0 Å². The number of fused-ring (bicyclic) bond motifs is 1. The van der Waals surface area contributed by atoms with Crippen LogP contribution >= 0.6 is 11.6 Å². The van der Waals surface area contributed by atoms with Crippen molar-refractivity contribution in [3.63, 3.8) is 0 Å². The zero-order chi connectivity index (χ0) is 30.8. The molecule has 4 aromatic rings. The molecule has 0 aliphatic carbocycles. The van der Waals surface area contributed by atoms with Gasteiger partial charge in [-0.3, -0.25) is 9.59 Å². The Hall–Kier alpha value is -5.16. The van der Waals surface area contributed by atoms with Crippen LogP contribution in [0.4, 0.5) is 10.1 Å². The van der Waals surface area contributed by atoms with Crippen LogP contribution in [0.2, 0.25) is 5.02 Å². The molecular formula is C32H25ClFN5O5. The van der Waals surface area contributed by atoms with Crippen LogP contribution in [0.5, 0.6) is 0 Å². The van der Waals surface area contributed by atoms with Crippen LogP contribution in [0, 0.1) is 5.82 Å². The molecule has 2 aliphatic heterocycles. The minimum absolute atomic E-state index is 0.00414. The van der Waals surface area contributed by atoms with E-state index in [-0.39, 0.29) is 29.3 Å². The SMILES string of the molecule is COC(=O)c1ccc(NC(=O)[C@H]2c3cccc(-c4cncnc4)c3CCN2C(=O)C2CC(c3cccc(Cl)c3F)=NO2)cc1. The molecule has 0 spiro atoms. The lowest BCUT2D eigenvalue weighted by Crippen LogP contribution is -2.49. The number of hydrogen-bond acceptors (Lipinski definition) is 8. The monoisotopic (exact) mass is 613 g/mol. The van der Waals surface area contributed by atoms with Gasteiger partial charge in [0.1, 0.15) is 12.4 Å². The molecule has 2 atom stereocenters. The molecule has 3 heterocycles. The van der Waals surface area contributed by atoms with Crippen molar-refractivity contribution in [3.8, 4) is 11.1 Å². The number of carbonyl (C=O) groups is 3. The van der Waals surface area contributed by atoms with Gasteiger partial charge in [-0.05, 0) is 59.5 Å². The molecule has 1 aromatic heterocycles. The van der Waals surface area contributed by atoms with E-state index in [1.807, 2.05) is 18.2 Å². The molecule has 6 rings (SSSR count). The Kier molecular flexibility index (Phi) is 8.03. The summed E-state index contributed by atoms with van der Waals surface area (Å²) in [5, 5.41) is 6.80. The van der Waals surface area contributed by atoms with Gasteiger partial charge in [-0.1, -0.05) is 41.0 Å². The van der Waals surface area contributed by atoms with E-state index in [4.69, 9.17) is 21.2 Å². The van der Waals surface area contributed by atoms with E-state index in [9.17, 15) is 18.8 Å². The van der Waals surface area contributed by atoms with Crippen LogP contribution in [0.3, 0.4) is 0 Å². The second-order valence-electron chi connectivity index (χ2n) is 10.2. The van der Waals surface area contributed by atoms with E-state index >= 15 is 0 Å². The molecule has 12 heteroatoms. The minimum atomic E-state index is -1.06. The molecule has 2 aliphatic rings. The first kappa shape index (κ1) is 28.9. The van der Waals surface area contributed by atoms with E-state index in [2.05, 4.69) is 20.4 Å². The van der Waals surface area contributed by atoms with E-state index in [0.29, 0.717) is 23.2 Å². The molecule has 10 nitrogen and oxygen atoms in total. The first-order valence-electron chi connectivity index (χ1n) is 13.7. The van der Waals surface area contributed by atoms with Crippen molar-refractivity contribution in [1.82, 2.24) is 14.9 Å². The Labute approximate surface area is 256 Å². The molecule has 0 saturated carbocycles. The van der Waals surface area contributed by atoms with Gasteiger partial charge in [0, 0.05) is 42.2 Å². The number of amides is 2. The maximum Gasteiger partial charge on any atom is 0.337 e. The summed E-state index contributed by atoms with van der Waals surface area (Å²) in [7, 11) is 1.29. The van der Waals surface area contributed by atoms with Crippen LogP contribution < -0.4 is 5.32 Å². The van der Waals surface area contributed by atoms with Crippen molar-refractivity contribution >= 4 is 40.8 Å². The summed E-state index contributed by atoms with van der Waals surface area (Å²) < 4.78 is 19.4. The average Bonchev–Trinajstić information content (AvgIpc) is 3.55. The van der Waals surface area contributed by atoms with Crippen LogP contribution in [-0.4, -0.2) is 58.1 Å². The number of esters is 1. The predicted octanol–water partition coefficient (Wildman–Crippen LogP) is 4.98. The molecule has 1 unspecified atom stereocenters. The van der Waals surface area contributed by atoms with Crippen molar-refractivity contribution in [3.05, 3.63) is 112 Å². The van der Waals surface area contributed by atoms with E-state index in [1.54, 1.807) is 30.6 Å². The standard InChI is InChI=1S/C32H25ClFN5O5/c1-43-32(42)18-8-10-20(11-9-18)37-30(40)29-23-5-2-4-21(19-15-35-17-36-16-19)22(23)12-13-39(29)31(41)27-14-26(38-44-27)24-6-3-7-25(33)28(24)34/h2-11,15-17,27,29H,12-14H2,1H3,(H,37,40)/t27?,29-/m1/s1. The largest absolute Gasteiger partial charge is 0.465 e. The first-order valence-corrected chi connectivity index (χ1v) is 14.1. The summed E-state index contributed by atoms with van der Waals surface area (Å²) in [6.45, 7) is 0.205. The summed E-state index contributed by atoms with van der Waals surface area (Å²) in [6.07, 6.45) is 4.22. The Balaban J connectivity index is 1.32. The van der Waals surface area contributed by atoms with Gasteiger partial charge in [0.15, 0.2) is 5.82 Å². The predicted molar refractivity (Wildman–Crippen MR) is 159 cm³/mol. The number of oxime groups is 1. The summed E-state index contributed by atoms with van der Waals surface area (Å²) >= 11 is 5.95. The Morgan fingerprint density at radius 1 is 1.02 bits per heavy atom. The third-order valence-corrected chi connectivity index (χ3v) is 7.90. The van der Waals surface area contributed by atoms with Crippen molar-refractivity contribution in [2.75, 3.05) is 19.0 Å². The topological polar surface area (TPSA) is 123 Å². The lowest BCUT2D eigenvalue weighted by atomic mass is 9.86. The van der Waals surface area contributed by atoms with Crippen molar-refractivity contribution in [2.24, 2.45) is 5.16 Å². The molecule has 0 fully saturated rings. The molecule has 44 heavy (non-hydrogen) atoms. The Morgan fingerprint density at radius 3 is 2.50 bits per heavy atom. The van der Waals surface area contributed by atoms with Crippen LogP contribution in [0.1, 0.15) is 39.5 Å². The number of nitrogens with one attached hydrogen (secondary N) is 1. The van der Waals surface area contributed by atoms with Crippen LogP contribution in [0.15, 0.2) is 84.5 Å². The maximum absolute atomic E-state index is 14.7.